The quantitative estimate of drug-likeness (QED) is 0.473. The summed E-state index contributed by atoms with van der Waals surface area (Å²) in [5, 5.41) is 0.455. The molecule has 1 fully saturated rings. The summed E-state index contributed by atoms with van der Waals surface area (Å²) in [4.78, 5) is 36.1. The van der Waals surface area contributed by atoms with E-state index in [4.69, 9.17) is 4.74 Å². The molecule has 0 saturated carbocycles. The van der Waals surface area contributed by atoms with Gasteiger partial charge in [0.05, 0.1) is 18.6 Å². The Morgan fingerprint density at radius 1 is 1.06 bits per heavy atom. The molecular weight excluding hydrogens is 412 g/mol. The second kappa shape index (κ2) is 9.70. The second-order valence-corrected chi connectivity index (χ2v) is 8.12. The minimum absolute atomic E-state index is 0.0483. The number of nitrogens with one attached hydrogen (secondary N) is 1. The van der Waals surface area contributed by atoms with Crippen molar-refractivity contribution in [3.05, 3.63) is 71.0 Å². The van der Waals surface area contributed by atoms with Gasteiger partial charge in [-0.05, 0) is 24.3 Å². The molecule has 0 bridgehead atoms. The maximum absolute atomic E-state index is 12.7. The summed E-state index contributed by atoms with van der Waals surface area (Å²) in [6.07, 6.45) is 0. The van der Waals surface area contributed by atoms with Crippen LogP contribution in [-0.2, 0) is 4.79 Å². The van der Waals surface area contributed by atoms with Gasteiger partial charge in [0.25, 0.3) is 5.56 Å². The van der Waals surface area contributed by atoms with Crippen LogP contribution in [0.15, 0.2) is 70.6 Å². The lowest BCUT2D eigenvalue weighted by Crippen LogP contribution is -2.49. The van der Waals surface area contributed by atoms with Crippen molar-refractivity contribution in [2.75, 3.05) is 43.9 Å². The predicted octanol–water partition coefficient (Wildman–Crippen LogP) is 2.89. The van der Waals surface area contributed by atoms with E-state index in [1.165, 1.54) is 17.8 Å². The van der Waals surface area contributed by atoms with E-state index in [1.54, 1.807) is 7.11 Å². The van der Waals surface area contributed by atoms with E-state index >= 15 is 0 Å². The molecule has 1 aromatic heterocycles. The molecule has 2 aromatic carbocycles. The van der Waals surface area contributed by atoms with Crippen molar-refractivity contribution in [3.8, 4) is 17.0 Å². The molecule has 7 nitrogen and oxygen atoms in total. The number of carbonyl (C=O) groups excluding carboxylic acids is 1. The van der Waals surface area contributed by atoms with Crippen molar-refractivity contribution in [3.63, 3.8) is 0 Å². The molecule has 1 aliphatic rings. The SMILES string of the molecule is COc1ccc(N2CCN(C(=O)CSc3nc(-c4ccccc4)cc(=O)[nH]3)CC2)cc1. The summed E-state index contributed by atoms with van der Waals surface area (Å²) in [6.45, 7) is 2.89. The van der Waals surface area contributed by atoms with Gasteiger partial charge in [-0.15, -0.1) is 0 Å². The zero-order valence-electron chi connectivity index (χ0n) is 17.3. The Hall–Kier alpha value is -3.26. The first kappa shape index (κ1) is 21.0. The zero-order chi connectivity index (χ0) is 21.6. The van der Waals surface area contributed by atoms with Crippen LogP contribution in [0.25, 0.3) is 11.3 Å². The lowest BCUT2D eigenvalue weighted by Gasteiger charge is -2.36. The number of aromatic nitrogens is 2. The molecule has 3 aromatic rings. The summed E-state index contributed by atoms with van der Waals surface area (Å²) in [7, 11) is 1.65. The smallest absolute Gasteiger partial charge is 0.252 e. The number of piperazine rings is 1. The van der Waals surface area contributed by atoms with Gasteiger partial charge in [-0.3, -0.25) is 9.59 Å². The fourth-order valence-corrected chi connectivity index (χ4v) is 4.27. The topological polar surface area (TPSA) is 78.5 Å². The summed E-state index contributed by atoms with van der Waals surface area (Å²) < 4.78 is 5.21. The van der Waals surface area contributed by atoms with Gasteiger partial charge in [-0.1, -0.05) is 42.1 Å². The van der Waals surface area contributed by atoms with E-state index in [1.807, 2.05) is 59.5 Å². The molecular formula is C23H24N4O3S. The van der Waals surface area contributed by atoms with Gasteiger partial charge >= 0.3 is 0 Å². The van der Waals surface area contributed by atoms with E-state index < -0.39 is 0 Å². The molecule has 2 heterocycles. The summed E-state index contributed by atoms with van der Waals surface area (Å²) in [5.41, 5.74) is 2.38. The third-order valence-electron chi connectivity index (χ3n) is 5.19. The van der Waals surface area contributed by atoms with Crippen molar-refractivity contribution < 1.29 is 9.53 Å². The van der Waals surface area contributed by atoms with Crippen LogP contribution in [-0.4, -0.2) is 59.8 Å². The number of benzene rings is 2. The number of rotatable bonds is 6. The number of hydrogen-bond acceptors (Lipinski definition) is 6. The number of anilines is 1. The van der Waals surface area contributed by atoms with E-state index in [-0.39, 0.29) is 17.2 Å². The Morgan fingerprint density at radius 3 is 2.45 bits per heavy atom. The van der Waals surface area contributed by atoms with E-state index in [9.17, 15) is 9.59 Å². The first-order valence-electron chi connectivity index (χ1n) is 10.1. The number of ether oxygens (including phenoxy) is 1. The highest BCUT2D eigenvalue weighted by Gasteiger charge is 2.21. The Morgan fingerprint density at radius 2 is 1.77 bits per heavy atom. The molecule has 0 radical (unpaired) electrons. The number of H-pyrrole nitrogens is 1. The second-order valence-electron chi connectivity index (χ2n) is 7.16. The largest absolute Gasteiger partial charge is 0.497 e. The Kier molecular flexibility index (Phi) is 6.57. The monoisotopic (exact) mass is 436 g/mol. The maximum Gasteiger partial charge on any atom is 0.252 e. The molecule has 160 valence electrons. The molecule has 31 heavy (non-hydrogen) atoms. The third-order valence-corrected chi connectivity index (χ3v) is 6.05. The van der Waals surface area contributed by atoms with Gasteiger partial charge in [-0.25, -0.2) is 4.98 Å². The van der Waals surface area contributed by atoms with Gasteiger partial charge in [0.2, 0.25) is 5.91 Å². The van der Waals surface area contributed by atoms with Crippen LogP contribution in [0.5, 0.6) is 5.75 Å². The van der Waals surface area contributed by atoms with Crippen molar-refractivity contribution in [1.82, 2.24) is 14.9 Å². The number of amides is 1. The average molecular weight is 437 g/mol. The van der Waals surface area contributed by atoms with Crippen LogP contribution in [0.4, 0.5) is 5.69 Å². The fraction of sp³-hybridized carbons (Fsp3) is 0.261. The Labute approximate surface area is 185 Å². The average Bonchev–Trinajstić information content (AvgIpc) is 2.83. The molecule has 4 rings (SSSR count). The number of nitrogens with zero attached hydrogens (tertiary/aromatic N) is 3. The minimum Gasteiger partial charge on any atom is -0.497 e. The van der Waals surface area contributed by atoms with Gasteiger partial charge in [0.1, 0.15) is 5.75 Å². The normalized spacial score (nSPS) is 13.8. The number of carbonyl (C=O) groups is 1. The number of hydrogen-bond donors (Lipinski definition) is 1. The van der Waals surface area contributed by atoms with Crippen molar-refractivity contribution in [2.24, 2.45) is 0 Å². The van der Waals surface area contributed by atoms with E-state index in [0.717, 1.165) is 30.1 Å². The van der Waals surface area contributed by atoms with E-state index in [2.05, 4.69) is 14.9 Å². The molecule has 1 N–H and O–H groups in total. The molecule has 1 aliphatic heterocycles. The number of aromatic amines is 1. The number of methoxy groups -OCH3 is 1. The van der Waals surface area contributed by atoms with Crippen molar-refractivity contribution in [1.29, 1.82) is 0 Å². The van der Waals surface area contributed by atoms with E-state index in [0.29, 0.717) is 23.9 Å². The molecule has 8 heteroatoms. The third kappa shape index (κ3) is 5.27. The lowest BCUT2D eigenvalue weighted by molar-refractivity contribution is -0.128. The van der Waals surface area contributed by atoms with Gasteiger partial charge < -0.3 is 19.5 Å². The molecule has 1 saturated heterocycles. The number of thioether (sulfide) groups is 1. The molecule has 1 amide bonds. The summed E-state index contributed by atoms with van der Waals surface area (Å²) >= 11 is 1.26. The van der Waals surface area contributed by atoms with Crippen LogP contribution in [0.1, 0.15) is 0 Å². The highest BCUT2D eigenvalue weighted by atomic mass is 32.2. The maximum atomic E-state index is 12.7. The van der Waals surface area contributed by atoms with Crippen molar-refractivity contribution >= 4 is 23.4 Å². The first-order valence-corrected chi connectivity index (χ1v) is 11.1. The standard InChI is InChI=1S/C23H24N4O3S/c1-30-19-9-7-18(8-10-19)26-11-13-27(14-12-26)22(29)16-31-23-24-20(15-21(28)25-23)17-5-3-2-4-6-17/h2-10,15H,11-14,16H2,1H3,(H,24,25,28). The molecule has 0 aliphatic carbocycles. The highest BCUT2D eigenvalue weighted by molar-refractivity contribution is 7.99. The molecule has 0 unspecified atom stereocenters. The van der Waals surface area contributed by atoms with Crippen LogP contribution in [0.2, 0.25) is 0 Å². The minimum atomic E-state index is -0.225. The predicted molar refractivity (Wildman–Crippen MR) is 123 cm³/mol. The van der Waals surface area contributed by atoms with Crippen LogP contribution >= 0.6 is 11.8 Å². The fourth-order valence-electron chi connectivity index (χ4n) is 3.49. The van der Waals surface area contributed by atoms with Crippen molar-refractivity contribution in [2.45, 2.75) is 5.16 Å². The van der Waals surface area contributed by atoms with Gasteiger partial charge in [-0.2, -0.15) is 0 Å². The summed E-state index contributed by atoms with van der Waals surface area (Å²) in [5.74, 6) is 1.12. The molecule has 0 spiro atoms. The van der Waals surface area contributed by atoms with Gasteiger partial charge in [0.15, 0.2) is 5.16 Å². The van der Waals surface area contributed by atoms with Crippen LogP contribution in [0.3, 0.4) is 0 Å². The van der Waals surface area contributed by atoms with Gasteiger partial charge in [0, 0.05) is 43.5 Å². The lowest BCUT2D eigenvalue weighted by atomic mass is 10.1. The van der Waals surface area contributed by atoms with Crippen LogP contribution in [0, 0.1) is 0 Å². The first-order chi connectivity index (χ1) is 15.1. The summed E-state index contributed by atoms with van der Waals surface area (Å²) in [6, 6.07) is 19.0. The van der Waals surface area contributed by atoms with Crippen LogP contribution < -0.4 is 15.2 Å². The highest BCUT2D eigenvalue weighted by Crippen LogP contribution is 2.22. The zero-order valence-corrected chi connectivity index (χ0v) is 18.1. The molecule has 0 atom stereocenters. The Balaban J connectivity index is 1.32. The Bertz CT molecular complexity index is 1080.